The van der Waals surface area contributed by atoms with Gasteiger partial charge in [-0.3, -0.25) is 0 Å². The summed E-state index contributed by atoms with van der Waals surface area (Å²) in [6.07, 6.45) is 2.29. The lowest BCUT2D eigenvalue weighted by atomic mass is 10.2. The fourth-order valence-electron chi connectivity index (χ4n) is 1.72. The van der Waals surface area contributed by atoms with E-state index in [4.69, 9.17) is 9.84 Å². The van der Waals surface area contributed by atoms with Crippen molar-refractivity contribution in [1.82, 2.24) is 15.3 Å². The summed E-state index contributed by atoms with van der Waals surface area (Å²) in [6, 6.07) is 8.06. The number of carbonyl (C=O) groups excluding carboxylic acids is 1. The molecule has 7 nitrogen and oxygen atoms in total. The lowest BCUT2D eigenvalue weighted by molar-refractivity contribution is -0.139. The maximum Gasteiger partial charge on any atom is 0.408 e. The van der Waals surface area contributed by atoms with Gasteiger partial charge in [0.2, 0.25) is 0 Å². The summed E-state index contributed by atoms with van der Waals surface area (Å²) in [5.74, 6) is -1.14. The molecule has 3 N–H and O–H groups in total. The smallest absolute Gasteiger partial charge is 0.408 e. The maximum absolute atomic E-state index is 11.6. The van der Waals surface area contributed by atoms with Crippen LogP contribution in [-0.4, -0.2) is 33.2 Å². The van der Waals surface area contributed by atoms with Crippen LogP contribution in [0.15, 0.2) is 42.9 Å². The van der Waals surface area contributed by atoms with Crippen LogP contribution in [0.4, 0.5) is 4.79 Å². The Bertz CT molecular complexity index is 584. The quantitative estimate of drug-likeness (QED) is 0.744. The number of nitrogens with one attached hydrogen (secondary N) is 2. The zero-order chi connectivity index (χ0) is 15.1. The van der Waals surface area contributed by atoms with Gasteiger partial charge in [-0.2, -0.15) is 0 Å². The third-order valence-electron chi connectivity index (χ3n) is 2.78. The fourth-order valence-corrected chi connectivity index (χ4v) is 1.72. The van der Waals surface area contributed by atoms with E-state index < -0.39 is 18.1 Å². The van der Waals surface area contributed by atoms with Crippen LogP contribution in [0.1, 0.15) is 11.3 Å². The van der Waals surface area contributed by atoms with Crippen molar-refractivity contribution in [3.63, 3.8) is 0 Å². The Morgan fingerprint density at radius 1 is 1.33 bits per heavy atom. The average Bonchev–Trinajstić information content (AvgIpc) is 2.98. The number of aliphatic carboxylic acids is 1. The molecule has 110 valence electrons. The predicted molar refractivity (Wildman–Crippen MR) is 73.5 cm³/mol. The van der Waals surface area contributed by atoms with E-state index in [2.05, 4.69) is 15.3 Å². The van der Waals surface area contributed by atoms with Crippen LogP contribution in [0.3, 0.4) is 0 Å². The zero-order valence-electron chi connectivity index (χ0n) is 11.2. The molecular weight excluding hydrogens is 274 g/mol. The number of carboxylic acids is 1. The van der Waals surface area contributed by atoms with Crippen molar-refractivity contribution in [3.05, 3.63) is 54.1 Å². The van der Waals surface area contributed by atoms with Crippen molar-refractivity contribution < 1.29 is 19.4 Å². The van der Waals surface area contributed by atoms with Crippen LogP contribution in [0, 0.1) is 0 Å². The van der Waals surface area contributed by atoms with Crippen molar-refractivity contribution in [1.29, 1.82) is 0 Å². The number of carbonyl (C=O) groups is 2. The molecule has 2 aromatic rings. The van der Waals surface area contributed by atoms with Gasteiger partial charge in [-0.1, -0.05) is 30.3 Å². The Morgan fingerprint density at radius 3 is 2.71 bits per heavy atom. The van der Waals surface area contributed by atoms with Crippen LogP contribution in [0.25, 0.3) is 0 Å². The van der Waals surface area contributed by atoms with Gasteiger partial charge < -0.3 is 20.1 Å². The van der Waals surface area contributed by atoms with Gasteiger partial charge in [0.25, 0.3) is 0 Å². The standard InChI is InChI=1S/C14H15N3O4/c18-13(19)12(6-11-7-15-9-16-11)17-14(20)21-8-10-4-2-1-3-5-10/h1-5,7,9,12H,6,8H2,(H,15,16)(H,17,20)(H,18,19). The number of hydrogen-bond donors (Lipinski definition) is 3. The topological polar surface area (TPSA) is 104 Å². The van der Waals surface area contributed by atoms with Gasteiger partial charge in [-0.05, 0) is 5.56 Å². The molecule has 1 unspecified atom stereocenters. The van der Waals surface area contributed by atoms with E-state index in [0.717, 1.165) is 5.56 Å². The highest BCUT2D eigenvalue weighted by molar-refractivity contribution is 5.80. The second-order valence-corrected chi connectivity index (χ2v) is 4.38. The number of amides is 1. The molecule has 1 atom stereocenters. The number of nitrogens with zero attached hydrogens (tertiary/aromatic N) is 1. The summed E-state index contributed by atoms with van der Waals surface area (Å²) < 4.78 is 4.99. The molecule has 0 aliphatic carbocycles. The van der Waals surface area contributed by atoms with Gasteiger partial charge in [0.05, 0.1) is 6.33 Å². The van der Waals surface area contributed by atoms with Gasteiger partial charge >= 0.3 is 12.1 Å². The number of benzene rings is 1. The van der Waals surface area contributed by atoms with Crippen LogP contribution in [-0.2, 0) is 22.6 Å². The molecule has 0 radical (unpaired) electrons. The van der Waals surface area contributed by atoms with E-state index in [-0.39, 0.29) is 13.0 Å². The molecule has 0 bridgehead atoms. The third-order valence-corrected chi connectivity index (χ3v) is 2.78. The number of imidazole rings is 1. The normalized spacial score (nSPS) is 11.6. The minimum Gasteiger partial charge on any atom is -0.480 e. The number of rotatable bonds is 6. The number of aromatic amines is 1. The first-order valence-corrected chi connectivity index (χ1v) is 6.32. The van der Waals surface area contributed by atoms with Gasteiger partial charge in [0.15, 0.2) is 0 Å². The number of alkyl carbamates (subject to hydrolysis) is 1. The highest BCUT2D eigenvalue weighted by Crippen LogP contribution is 2.02. The highest BCUT2D eigenvalue weighted by atomic mass is 16.5. The van der Waals surface area contributed by atoms with E-state index in [9.17, 15) is 9.59 Å². The second-order valence-electron chi connectivity index (χ2n) is 4.38. The minimum absolute atomic E-state index is 0.0864. The van der Waals surface area contributed by atoms with Crippen molar-refractivity contribution in [3.8, 4) is 0 Å². The predicted octanol–water partition coefficient (Wildman–Crippen LogP) is 1.33. The molecule has 1 amide bonds. The van der Waals surface area contributed by atoms with Crippen molar-refractivity contribution in [2.45, 2.75) is 19.1 Å². The van der Waals surface area contributed by atoms with Crippen LogP contribution < -0.4 is 5.32 Å². The first kappa shape index (κ1) is 14.6. The molecule has 0 spiro atoms. The van der Waals surface area contributed by atoms with E-state index >= 15 is 0 Å². The highest BCUT2D eigenvalue weighted by Gasteiger charge is 2.21. The van der Waals surface area contributed by atoms with E-state index in [1.54, 1.807) is 0 Å². The van der Waals surface area contributed by atoms with Crippen LogP contribution in [0.5, 0.6) is 0 Å². The molecule has 0 saturated heterocycles. The van der Waals surface area contributed by atoms with E-state index in [0.29, 0.717) is 5.69 Å². The minimum atomic E-state index is -1.14. The first-order valence-electron chi connectivity index (χ1n) is 6.32. The molecule has 1 aromatic carbocycles. The molecular formula is C14H15N3O4. The van der Waals surface area contributed by atoms with Crippen LogP contribution in [0.2, 0.25) is 0 Å². The number of H-pyrrole nitrogens is 1. The second kappa shape index (κ2) is 7.09. The first-order chi connectivity index (χ1) is 10.1. The SMILES string of the molecule is O=C(NC(Cc1cnc[nH]1)C(=O)O)OCc1ccccc1. The summed E-state index contributed by atoms with van der Waals surface area (Å²) in [5, 5.41) is 11.4. The molecule has 21 heavy (non-hydrogen) atoms. The van der Waals surface area contributed by atoms with Gasteiger partial charge in [0.1, 0.15) is 12.6 Å². The number of ether oxygens (including phenoxy) is 1. The Labute approximate surface area is 121 Å². The van der Waals surface area contributed by atoms with Crippen molar-refractivity contribution >= 4 is 12.1 Å². The molecule has 0 aliphatic rings. The van der Waals surface area contributed by atoms with Crippen molar-refractivity contribution in [2.75, 3.05) is 0 Å². The van der Waals surface area contributed by atoms with Gasteiger partial charge in [-0.25, -0.2) is 14.6 Å². The summed E-state index contributed by atoms with van der Waals surface area (Å²) >= 11 is 0. The lowest BCUT2D eigenvalue weighted by Crippen LogP contribution is -2.42. The van der Waals surface area contributed by atoms with Crippen LogP contribution >= 0.6 is 0 Å². The molecule has 0 fully saturated rings. The molecule has 2 rings (SSSR count). The Kier molecular flexibility index (Phi) is 4.92. The number of hydrogen-bond acceptors (Lipinski definition) is 4. The van der Waals surface area contributed by atoms with E-state index in [1.165, 1.54) is 12.5 Å². The Morgan fingerprint density at radius 2 is 2.10 bits per heavy atom. The zero-order valence-corrected chi connectivity index (χ0v) is 11.2. The summed E-state index contributed by atoms with van der Waals surface area (Å²) in [6.45, 7) is 0.0864. The fraction of sp³-hybridized carbons (Fsp3) is 0.214. The van der Waals surface area contributed by atoms with Crippen molar-refractivity contribution in [2.24, 2.45) is 0 Å². The summed E-state index contributed by atoms with van der Waals surface area (Å²) in [5.41, 5.74) is 1.44. The maximum atomic E-state index is 11.6. The lowest BCUT2D eigenvalue weighted by Gasteiger charge is -2.13. The average molecular weight is 289 g/mol. The molecule has 0 saturated carbocycles. The monoisotopic (exact) mass is 289 g/mol. The number of aromatic nitrogens is 2. The Hall–Kier alpha value is -2.83. The molecule has 1 aromatic heterocycles. The Balaban J connectivity index is 1.85. The molecule has 7 heteroatoms. The van der Waals surface area contributed by atoms with Gasteiger partial charge in [-0.15, -0.1) is 0 Å². The third kappa shape index (κ3) is 4.64. The summed E-state index contributed by atoms with van der Waals surface area (Å²) in [7, 11) is 0. The number of carboxylic acid groups (broad SMARTS) is 1. The summed E-state index contributed by atoms with van der Waals surface area (Å²) in [4.78, 5) is 29.4. The largest absolute Gasteiger partial charge is 0.480 e. The van der Waals surface area contributed by atoms with E-state index in [1.807, 2.05) is 30.3 Å². The molecule has 1 heterocycles. The van der Waals surface area contributed by atoms with Gasteiger partial charge in [0, 0.05) is 18.3 Å². The molecule has 0 aliphatic heterocycles.